The van der Waals surface area contributed by atoms with Crippen molar-refractivity contribution in [1.29, 1.82) is 0 Å². The molecule has 3 heterocycles. The Bertz CT molecular complexity index is 561. The lowest BCUT2D eigenvalue weighted by atomic mass is 9.88. The van der Waals surface area contributed by atoms with E-state index in [1.807, 2.05) is 7.05 Å². The number of amides is 1. The molecule has 3 atom stereocenters. The van der Waals surface area contributed by atoms with Gasteiger partial charge in [-0.05, 0) is 32.1 Å². The quantitative estimate of drug-likeness (QED) is 0.330. The molecule has 0 spiro atoms. The molecule has 4 rings (SSSR count). The van der Waals surface area contributed by atoms with Crippen LogP contribution < -0.4 is 10.6 Å². The zero-order valence-corrected chi connectivity index (χ0v) is 20.1. The minimum atomic E-state index is 0. The third-order valence-electron chi connectivity index (χ3n) is 7.01. The number of guanidine groups is 1. The highest BCUT2D eigenvalue weighted by molar-refractivity contribution is 14.0. The molecule has 2 N–H and O–H groups in total. The van der Waals surface area contributed by atoms with Crippen molar-refractivity contribution >= 4 is 35.8 Å². The number of nitrogens with one attached hydrogen (secondary N) is 2. The van der Waals surface area contributed by atoms with Gasteiger partial charge in [-0.25, -0.2) is 0 Å². The van der Waals surface area contributed by atoms with Crippen molar-refractivity contribution in [2.45, 2.75) is 69.6 Å². The Morgan fingerprint density at radius 2 is 1.83 bits per heavy atom. The molecule has 1 saturated carbocycles. The summed E-state index contributed by atoms with van der Waals surface area (Å²) in [5.74, 6) is 1.59. The number of nitrogens with zero attached hydrogens (tertiary/aromatic N) is 3. The topological polar surface area (TPSA) is 69.2 Å². The van der Waals surface area contributed by atoms with Gasteiger partial charge in [0.1, 0.15) is 0 Å². The number of fused-ring (bicyclic) bond motifs is 2. The molecule has 29 heavy (non-hydrogen) atoms. The van der Waals surface area contributed by atoms with Crippen molar-refractivity contribution in [3.05, 3.63) is 0 Å². The molecular weight excluding hydrogens is 481 g/mol. The van der Waals surface area contributed by atoms with Crippen molar-refractivity contribution in [1.82, 2.24) is 20.4 Å². The minimum absolute atomic E-state index is 0. The van der Waals surface area contributed by atoms with E-state index in [9.17, 15) is 4.79 Å². The van der Waals surface area contributed by atoms with Gasteiger partial charge in [0.05, 0.1) is 18.2 Å². The van der Waals surface area contributed by atoms with Crippen LogP contribution in [0.4, 0.5) is 0 Å². The predicted molar refractivity (Wildman–Crippen MR) is 126 cm³/mol. The first-order valence-electron chi connectivity index (χ1n) is 11.4. The second kappa shape index (κ2) is 11.1. The Morgan fingerprint density at radius 3 is 2.45 bits per heavy atom. The molecule has 0 radical (unpaired) electrons. The van der Waals surface area contributed by atoms with Crippen molar-refractivity contribution in [3.63, 3.8) is 0 Å². The normalized spacial score (nSPS) is 30.9. The first-order chi connectivity index (χ1) is 13.7. The molecular formula is C21H38IN5O2. The molecule has 0 aromatic carbocycles. The summed E-state index contributed by atoms with van der Waals surface area (Å²) in [5, 5.41) is 6.99. The molecule has 2 bridgehead atoms. The predicted octanol–water partition coefficient (Wildman–Crippen LogP) is 1.81. The molecule has 4 fully saturated rings. The van der Waals surface area contributed by atoms with Gasteiger partial charge in [0.2, 0.25) is 5.91 Å². The zero-order valence-electron chi connectivity index (χ0n) is 17.8. The molecule has 3 aliphatic heterocycles. The molecule has 3 saturated heterocycles. The molecule has 4 aliphatic rings. The fourth-order valence-corrected chi connectivity index (χ4v) is 5.29. The van der Waals surface area contributed by atoms with Crippen LogP contribution in [0.3, 0.4) is 0 Å². The zero-order chi connectivity index (χ0) is 19.3. The fraction of sp³-hybridized carbons (Fsp3) is 0.905. The summed E-state index contributed by atoms with van der Waals surface area (Å²) < 4.78 is 5.92. The van der Waals surface area contributed by atoms with Crippen LogP contribution in [0, 0.1) is 5.92 Å². The van der Waals surface area contributed by atoms with Crippen LogP contribution in [0.15, 0.2) is 4.99 Å². The standard InChI is InChI=1S/C21H37N5O2.HI/c1-22-21(24-18-15-17-7-8-19(18)28-17)23-9-10-25-11-13-26(14-12-25)20(27)16-5-3-2-4-6-16;/h16-19H,2-15H2,1H3,(H2,22,23,24);1H. The monoisotopic (exact) mass is 519 g/mol. The molecule has 0 aromatic rings. The highest BCUT2D eigenvalue weighted by Crippen LogP contribution is 2.34. The number of hydrogen-bond donors (Lipinski definition) is 2. The summed E-state index contributed by atoms with van der Waals surface area (Å²) in [6, 6.07) is 0.402. The molecule has 166 valence electrons. The molecule has 3 unspecified atom stereocenters. The van der Waals surface area contributed by atoms with E-state index in [0.717, 1.165) is 64.5 Å². The van der Waals surface area contributed by atoms with Gasteiger partial charge in [-0.2, -0.15) is 0 Å². The van der Waals surface area contributed by atoms with E-state index >= 15 is 0 Å². The maximum absolute atomic E-state index is 12.7. The lowest BCUT2D eigenvalue weighted by Crippen LogP contribution is -2.53. The van der Waals surface area contributed by atoms with Crippen LogP contribution in [0.5, 0.6) is 0 Å². The second-order valence-corrected chi connectivity index (χ2v) is 8.86. The molecule has 8 heteroatoms. The Labute approximate surface area is 192 Å². The lowest BCUT2D eigenvalue weighted by Gasteiger charge is -2.37. The summed E-state index contributed by atoms with van der Waals surface area (Å²) in [7, 11) is 1.83. The maximum atomic E-state index is 12.7. The van der Waals surface area contributed by atoms with E-state index in [-0.39, 0.29) is 24.0 Å². The van der Waals surface area contributed by atoms with E-state index in [1.54, 1.807) is 0 Å². The number of halogens is 1. The van der Waals surface area contributed by atoms with E-state index in [2.05, 4.69) is 25.4 Å². The average molecular weight is 519 g/mol. The van der Waals surface area contributed by atoms with Crippen molar-refractivity contribution in [2.24, 2.45) is 10.9 Å². The first-order valence-corrected chi connectivity index (χ1v) is 11.4. The third kappa shape index (κ3) is 5.97. The molecule has 1 amide bonds. The van der Waals surface area contributed by atoms with E-state index in [4.69, 9.17) is 4.74 Å². The smallest absolute Gasteiger partial charge is 0.225 e. The summed E-state index contributed by atoms with van der Waals surface area (Å²) in [6.07, 6.45) is 10.3. The van der Waals surface area contributed by atoms with Crippen LogP contribution in [-0.4, -0.2) is 86.2 Å². The number of hydrogen-bond acceptors (Lipinski definition) is 4. The van der Waals surface area contributed by atoms with Gasteiger partial charge in [0, 0.05) is 52.2 Å². The van der Waals surface area contributed by atoms with Gasteiger partial charge in [0.15, 0.2) is 5.96 Å². The third-order valence-corrected chi connectivity index (χ3v) is 7.01. The average Bonchev–Trinajstić information content (AvgIpc) is 3.37. The van der Waals surface area contributed by atoms with Crippen LogP contribution in [0.2, 0.25) is 0 Å². The highest BCUT2D eigenvalue weighted by atomic mass is 127. The van der Waals surface area contributed by atoms with Crippen LogP contribution in [0.25, 0.3) is 0 Å². The Morgan fingerprint density at radius 1 is 1.07 bits per heavy atom. The van der Waals surface area contributed by atoms with E-state index < -0.39 is 0 Å². The van der Waals surface area contributed by atoms with Gasteiger partial charge in [-0.1, -0.05) is 19.3 Å². The summed E-state index contributed by atoms with van der Waals surface area (Å²) in [6.45, 7) is 5.58. The summed E-state index contributed by atoms with van der Waals surface area (Å²) in [4.78, 5) is 21.6. The second-order valence-electron chi connectivity index (χ2n) is 8.86. The highest BCUT2D eigenvalue weighted by Gasteiger charge is 2.41. The summed E-state index contributed by atoms with van der Waals surface area (Å²) >= 11 is 0. The lowest BCUT2D eigenvalue weighted by molar-refractivity contribution is -0.138. The number of aliphatic imine (C=N–C) groups is 1. The van der Waals surface area contributed by atoms with Gasteiger partial charge in [-0.15, -0.1) is 24.0 Å². The van der Waals surface area contributed by atoms with Crippen molar-refractivity contribution in [3.8, 4) is 0 Å². The summed E-state index contributed by atoms with van der Waals surface area (Å²) in [5.41, 5.74) is 0. The van der Waals surface area contributed by atoms with Crippen LogP contribution in [-0.2, 0) is 9.53 Å². The van der Waals surface area contributed by atoms with E-state index in [0.29, 0.717) is 30.1 Å². The maximum Gasteiger partial charge on any atom is 0.225 e. The first kappa shape index (κ1) is 23.1. The number of rotatable bonds is 5. The fourth-order valence-electron chi connectivity index (χ4n) is 5.29. The van der Waals surface area contributed by atoms with Gasteiger partial charge >= 0.3 is 0 Å². The number of piperazine rings is 1. The SMILES string of the molecule is CN=C(NCCN1CCN(C(=O)C2CCCCC2)CC1)NC1CC2CCC1O2.I. The Balaban J connectivity index is 0.00000240. The van der Waals surface area contributed by atoms with Crippen LogP contribution in [0.1, 0.15) is 51.4 Å². The number of carbonyl (C=O) groups is 1. The van der Waals surface area contributed by atoms with Gasteiger partial charge in [-0.3, -0.25) is 14.7 Å². The molecule has 7 nitrogen and oxygen atoms in total. The van der Waals surface area contributed by atoms with Crippen LogP contribution >= 0.6 is 24.0 Å². The molecule has 0 aromatic heterocycles. The number of ether oxygens (including phenoxy) is 1. The van der Waals surface area contributed by atoms with Crippen molar-refractivity contribution < 1.29 is 9.53 Å². The minimum Gasteiger partial charge on any atom is -0.373 e. The van der Waals surface area contributed by atoms with E-state index in [1.165, 1.54) is 32.1 Å². The van der Waals surface area contributed by atoms with Crippen molar-refractivity contribution in [2.75, 3.05) is 46.3 Å². The number of carbonyl (C=O) groups excluding carboxylic acids is 1. The van der Waals surface area contributed by atoms with Gasteiger partial charge < -0.3 is 20.3 Å². The molecule has 1 aliphatic carbocycles. The van der Waals surface area contributed by atoms with Gasteiger partial charge in [0.25, 0.3) is 0 Å². The largest absolute Gasteiger partial charge is 0.373 e. The Hall–Kier alpha value is -0.610. The Kier molecular flexibility index (Phi) is 8.85.